The Balaban J connectivity index is 1.12. The average molecular weight is 2000 g/mol. The molecular weight excluding hydrogens is 1890 g/mol. The highest BCUT2D eigenvalue weighted by molar-refractivity contribution is 8.00. The number of hydrogen-bond acceptors (Lipinski definition) is 48. The smallest absolute Gasteiger partial charge is 0.304 e. The van der Waals surface area contributed by atoms with Crippen LogP contribution in [0.3, 0.4) is 0 Å². The van der Waals surface area contributed by atoms with Crippen LogP contribution in [0.5, 0.6) is 0 Å². The van der Waals surface area contributed by atoms with E-state index in [4.69, 9.17) is 75.8 Å². The Morgan fingerprint density at radius 1 is 0.156 bits per heavy atom. The van der Waals surface area contributed by atoms with Crippen molar-refractivity contribution in [2.45, 2.75) is 297 Å². The van der Waals surface area contributed by atoms with Crippen LogP contribution in [0.1, 0.15) is 51.4 Å². The van der Waals surface area contributed by atoms with E-state index in [1.165, 1.54) is 0 Å². The Kier molecular flexibility index (Phi) is 44.9. The molecule has 24 N–H and O–H groups in total. The van der Waals surface area contributed by atoms with E-state index < -0.39 is 345 Å². The normalized spacial score (nSPS) is 41.5. The highest BCUT2D eigenvalue weighted by Crippen LogP contribution is 2.43. The second kappa shape index (κ2) is 52.7. The summed E-state index contributed by atoms with van der Waals surface area (Å²) in [6, 6.07) is 0. The number of carboxylic acids is 8. The van der Waals surface area contributed by atoms with Gasteiger partial charge in [0.1, 0.15) is 146 Å². The Bertz CT molecular complexity index is 2830. The van der Waals surface area contributed by atoms with Crippen molar-refractivity contribution in [1.29, 1.82) is 0 Å². The molecule has 736 valence electrons. The first-order valence-corrected chi connectivity index (χ1v) is 49.7. The number of carbonyl (C=O) groups is 8. The Morgan fingerprint density at radius 3 is 0.336 bits per heavy atom. The van der Waals surface area contributed by atoms with Gasteiger partial charge in [0.2, 0.25) is 0 Å². The molecular formula is C72H112O48S8. The van der Waals surface area contributed by atoms with Gasteiger partial charge in [0.15, 0.2) is 50.3 Å². The summed E-state index contributed by atoms with van der Waals surface area (Å²) >= 11 is 7.04. The molecule has 30 rings (SSSR count). The summed E-state index contributed by atoms with van der Waals surface area (Å²) in [5.74, 6) is -14.4. The van der Waals surface area contributed by atoms with Crippen molar-refractivity contribution in [2.24, 2.45) is 0 Å². The fraction of sp³-hybridized carbons (Fsp3) is 0.889. The lowest BCUT2D eigenvalue weighted by Gasteiger charge is -2.51. The van der Waals surface area contributed by atoms with Gasteiger partial charge >= 0.3 is 47.8 Å². The van der Waals surface area contributed by atoms with E-state index in [2.05, 4.69) is 0 Å². The minimum Gasteiger partial charge on any atom is -0.481 e. The van der Waals surface area contributed by atoms with Crippen molar-refractivity contribution >= 4 is 142 Å². The maximum Gasteiger partial charge on any atom is 0.304 e. The molecule has 128 heavy (non-hydrogen) atoms. The molecule has 0 amide bonds. The van der Waals surface area contributed by atoms with Crippen LogP contribution >= 0.6 is 94.1 Å². The van der Waals surface area contributed by atoms with E-state index >= 15 is 0 Å². The third-order valence-electron chi connectivity index (χ3n) is 21.4. The molecule has 30 saturated heterocycles. The van der Waals surface area contributed by atoms with Crippen LogP contribution in [-0.2, 0) is 114 Å². The van der Waals surface area contributed by atoms with Crippen LogP contribution in [0.15, 0.2) is 0 Å². The first-order valence-electron chi connectivity index (χ1n) is 40.5. The molecule has 30 aliphatic rings. The maximum absolute atomic E-state index is 12.3. The third kappa shape index (κ3) is 30.6. The SMILES string of the molecule is O=C(O)CCSCC1O[C@@H]2O[C@@H]3C(CSCCC(=O)O)O[C@H](O[C@@H]4C(CSCCC(=O)O)O[C@H](O[C@@H]5C(CSCCC(=O)O)O[C@H](O[C@@H]6C(CSCCC(=O)O)O[C@H](O[C@@H]7C(CSCCC(=O)O)O[C@H](O[C@@H]8C(CSCCC(=O)O)O[C@H](O[C@@H]9C(CSCCC(=O)O)OC(O[C@H]1[C@@H](O)[C@@H]2O)[C@@H](O)[C@@H]9O)[C@@H](O)[C@@H]8O)[C@@H](O)[C@@H]7O)[C@@H](O)[C@@H]6O)[C@@H](O)[C@@H]5O)[C@@H](O)[C@@H]4O)[C@@H](O)[C@@H]3O. The molecule has 48 nitrogen and oxygen atoms in total. The van der Waals surface area contributed by atoms with Crippen LogP contribution in [0, 0.1) is 0 Å². The lowest BCUT2D eigenvalue weighted by molar-refractivity contribution is -0.396. The first kappa shape index (κ1) is 109. The zero-order valence-corrected chi connectivity index (χ0v) is 74.4. The van der Waals surface area contributed by atoms with E-state index in [-0.39, 0.29) is 92.0 Å². The van der Waals surface area contributed by atoms with Gasteiger partial charge in [-0.15, -0.1) is 0 Å². The van der Waals surface area contributed by atoms with Gasteiger partial charge in [0.05, 0.1) is 100 Å². The molecule has 40 atom stereocenters. The predicted octanol–water partition coefficient (Wildman–Crippen LogP) is -7.68. The summed E-state index contributed by atoms with van der Waals surface area (Å²) < 4.78 is 100. The van der Waals surface area contributed by atoms with E-state index in [1.807, 2.05) is 0 Å². The molecule has 0 aromatic rings. The monoisotopic (exact) mass is 2000 g/mol. The van der Waals surface area contributed by atoms with Crippen LogP contribution in [0.25, 0.3) is 0 Å². The molecule has 0 aromatic carbocycles. The van der Waals surface area contributed by atoms with Gasteiger partial charge in [-0.2, -0.15) is 94.1 Å². The molecule has 16 bridgehead atoms. The average Bonchev–Trinajstić information content (AvgIpc) is 0.770. The lowest BCUT2D eigenvalue weighted by Crippen LogP contribution is -2.69. The largest absolute Gasteiger partial charge is 0.481 e. The van der Waals surface area contributed by atoms with Gasteiger partial charge in [-0.25, -0.2) is 0 Å². The zero-order chi connectivity index (χ0) is 93.7. The van der Waals surface area contributed by atoms with Gasteiger partial charge in [-0.05, 0) is 0 Å². The molecule has 0 spiro atoms. The van der Waals surface area contributed by atoms with Crippen LogP contribution in [-0.4, -0.2) is 508 Å². The second-order valence-electron chi connectivity index (χ2n) is 30.7. The zero-order valence-electron chi connectivity index (χ0n) is 67.9. The first-order chi connectivity index (χ1) is 60.7. The van der Waals surface area contributed by atoms with Crippen LogP contribution < -0.4 is 0 Å². The molecule has 30 heterocycles. The van der Waals surface area contributed by atoms with Gasteiger partial charge < -0.3 is 198 Å². The molecule has 30 fully saturated rings. The van der Waals surface area contributed by atoms with Crippen molar-refractivity contribution in [3.05, 3.63) is 0 Å². The van der Waals surface area contributed by atoms with E-state index in [0.717, 1.165) is 94.1 Å². The Labute approximate surface area is 763 Å². The fourth-order valence-corrected chi connectivity index (χ4v) is 22.6. The number of carboxylic acid groups (broad SMARTS) is 8. The molecule has 0 aliphatic carbocycles. The number of rotatable bonds is 40. The van der Waals surface area contributed by atoms with E-state index in [1.54, 1.807) is 0 Å². The van der Waals surface area contributed by atoms with E-state index in [0.29, 0.717) is 0 Å². The minimum atomic E-state index is -2.33. The number of aliphatic hydroxyl groups is 16. The fourth-order valence-electron chi connectivity index (χ4n) is 14.7. The van der Waals surface area contributed by atoms with Gasteiger partial charge in [-0.1, -0.05) is 0 Å². The number of thioether (sulfide) groups is 8. The van der Waals surface area contributed by atoms with E-state index in [9.17, 15) is 161 Å². The number of hydrogen-bond donors (Lipinski definition) is 24. The molecule has 0 radical (unpaired) electrons. The van der Waals surface area contributed by atoms with Crippen LogP contribution in [0.2, 0.25) is 0 Å². The van der Waals surface area contributed by atoms with Crippen molar-refractivity contribution < 1.29 is 237 Å². The standard InChI is InChI=1S/C72H112O48S8/c73-33(74)1-9-121-17-25-57-41(89)49(97)65(105-25)114-58-26(18-122-10-2-34(75)76)107-67(51(99)43(58)91)116-60-28(20-124-12-4-36(79)80)109-69(53(101)45(60)93)118-62-30(22-126-14-6-38(83)84)111-71(55(103)47(62)95)120-64-32(24-128-16-8-40(87)88)112-72(56(104)48(64)96)119-63-31(23-127-15-7-39(85)86)110-70(54(102)46(63)94)117-61-29(21-125-13-5-37(81)82)108-68(52(100)44(61)92)115-59-27(19-123-11-3-35(77)78)106-66(113-57)50(98)42(59)90/h25-32,41-72,89-104H,1-24H2,(H,73,74)(H,75,76)(H,77,78)(H,79,80)(H,81,82)(H,83,84)(H,85,86)(H,87,88)/t25?,26?,27?,28?,29?,30?,31?,32?,41-,42-,43-,44-,45-,46-,47-,48-,49-,50-,51-,52-,53-,54-,55-,56-,57+,58+,59+,60+,61+,62+,63+,64+,65+,66+,67+,68+,69+,70+,71+,72?/m0/s1. The van der Waals surface area contributed by atoms with Crippen molar-refractivity contribution in [3.63, 3.8) is 0 Å². The van der Waals surface area contributed by atoms with Crippen molar-refractivity contribution in [2.75, 3.05) is 92.0 Å². The molecule has 56 heteroatoms. The second-order valence-corrected chi connectivity index (χ2v) is 39.9. The van der Waals surface area contributed by atoms with Crippen molar-refractivity contribution in [3.8, 4) is 0 Å². The summed E-state index contributed by atoms with van der Waals surface area (Å²) in [4.78, 5) is 94.3. The van der Waals surface area contributed by atoms with Gasteiger partial charge in [0.25, 0.3) is 0 Å². The summed E-state index contributed by atoms with van der Waals surface area (Å²) in [5.41, 5.74) is 0. The topological polar surface area (TPSA) is 770 Å². The molecule has 0 saturated carbocycles. The molecule has 0 aromatic heterocycles. The molecule has 30 aliphatic heterocycles. The highest BCUT2D eigenvalue weighted by atomic mass is 32.2. The van der Waals surface area contributed by atoms with Crippen LogP contribution in [0.4, 0.5) is 0 Å². The van der Waals surface area contributed by atoms with Gasteiger partial charge in [0, 0.05) is 92.0 Å². The quantitative estimate of drug-likeness (QED) is 0.0253. The van der Waals surface area contributed by atoms with Crippen molar-refractivity contribution in [1.82, 2.24) is 0 Å². The number of ether oxygens (including phenoxy) is 16. The predicted molar refractivity (Wildman–Crippen MR) is 441 cm³/mol. The van der Waals surface area contributed by atoms with Gasteiger partial charge in [-0.3, -0.25) is 38.4 Å². The lowest BCUT2D eigenvalue weighted by atomic mass is 9.95. The third-order valence-corrected chi connectivity index (χ3v) is 29.9. The number of aliphatic hydroxyl groups excluding tert-OH is 16. The molecule has 9 unspecified atom stereocenters. The Morgan fingerprint density at radius 2 is 0.250 bits per heavy atom. The summed E-state index contributed by atoms with van der Waals surface area (Å²) in [6.07, 6.45) is -85.9. The highest BCUT2D eigenvalue weighted by Gasteiger charge is 2.61. The minimum absolute atomic E-state index is 0.159. The Hall–Kier alpha value is -2.72. The summed E-state index contributed by atoms with van der Waals surface area (Å²) in [6.45, 7) is 0. The maximum atomic E-state index is 12.3. The number of aliphatic carboxylic acids is 8. The summed E-state index contributed by atoms with van der Waals surface area (Å²) in [7, 11) is 0. The summed E-state index contributed by atoms with van der Waals surface area (Å²) in [5, 5.41) is 272.